The lowest BCUT2D eigenvalue weighted by atomic mass is 10.2. The quantitative estimate of drug-likeness (QED) is 0.761. The van der Waals surface area contributed by atoms with Gasteiger partial charge < -0.3 is 14.8 Å². The molecule has 0 saturated heterocycles. The number of benzene rings is 1. The highest BCUT2D eigenvalue weighted by Gasteiger charge is 2.20. The summed E-state index contributed by atoms with van der Waals surface area (Å²) in [6.07, 6.45) is 1.46. The van der Waals surface area contributed by atoms with Crippen LogP contribution in [-0.4, -0.2) is 29.6 Å². The molecule has 25 heavy (non-hydrogen) atoms. The lowest BCUT2D eigenvalue weighted by Gasteiger charge is -2.18. The number of aromatic nitrogens is 2. The van der Waals surface area contributed by atoms with E-state index in [2.05, 4.69) is 10.3 Å². The zero-order valence-corrected chi connectivity index (χ0v) is 15.8. The Bertz CT molecular complexity index is 1040. The van der Waals surface area contributed by atoms with Crippen LogP contribution in [0.15, 0.2) is 29.3 Å². The molecule has 8 heteroatoms. The maximum absolute atomic E-state index is 12.8. The molecular formula is C17H17ClN4O2S. The number of rotatable bonds is 3. The van der Waals surface area contributed by atoms with Gasteiger partial charge in [0, 0.05) is 26.2 Å². The lowest BCUT2D eigenvalue weighted by Crippen LogP contribution is -2.18. The second-order valence-corrected chi connectivity index (χ2v) is 7.34. The van der Waals surface area contributed by atoms with Crippen molar-refractivity contribution in [2.75, 3.05) is 24.3 Å². The molecule has 0 fully saturated rings. The van der Waals surface area contributed by atoms with Gasteiger partial charge in [-0.1, -0.05) is 11.6 Å². The highest BCUT2D eigenvalue weighted by Crippen LogP contribution is 2.31. The number of carbonyl (C=O) groups excluding carboxylic acids is 1. The third-order valence-electron chi connectivity index (χ3n) is 3.91. The lowest BCUT2D eigenvalue weighted by molar-refractivity contribution is 0.103. The van der Waals surface area contributed by atoms with Crippen molar-refractivity contribution in [3.63, 3.8) is 0 Å². The Morgan fingerprint density at radius 3 is 2.76 bits per heavy atom. The van der Waals surface area contributed by atoms with Crippen LogP contribution in [0.25, 0.3) is 10.2 Å². The van der Waals surface area contributed by atoms with Gasteiger partial charge in [-0.05, 0) is 30.7 Å². The number of aryl methyl sites for hydroxylation is 2. The summed E-state index contributed by atoms with van der Waals surface area (Å²) < 4.78 is 1.41. The van der Waals surface area contributed by atoms with Crippen molar-refractivity contribution in [3.8, 4) is 0 Å². The first-order chi connectivity index (χ1) is 11.8. The Morgan fingerprint density at radius 1 is 1.36 bits per heavy atom. The summed E-state index contributed by atoms with van der Waals surface area (Å²) in [5.41, 5.74) is 1.93. The Hall–Kier alpha value is -2.38. The van der Waals surface area contributed by atoms with Crippen molar-refractivity contribution in [3.05, 3.63) is 50.3 Å². The van der Waals surface area contributed by atoms with Crippen LogP contribution in [0.3, 0.4) is 0 Å². The molecule has 0 saturated carbocycles. The van der Waals surface area contributed by atoms with E-state index in [1.54, 1.807) is 26.1 Å². The molecule has 1 N–H and O–H groups in total. The number of amides is 1. The van der Waals surface area contributed by atoms with Crippen molar-refractivity contribution in [2.45, 2.75) is 6.92 Å². The van der Waals surface area contributed by atoms with Gasteiger partial charge in [0.25, 0.3) is 11.5 Å². The van der Waals surface area contributed by atoms with Gasteiger partial charge in [-0.15, -0.1) is 11.3 Å². The summed E-state index contributed by atoms with van der Waals surface area (Å²) in [7, 11) is 5.41. The summed E-state index contributed by atoms with van der Waals surface area (Å²) in [4.78, 5) is 32.3. The SMILES string of the molecule is Cc1c(C(=O)Nc2cc(Cl)ccc2N(C)C)sc2ncn(C)c(=O)c12. The first kappa shape index (κ1) is 17.4. The van der Waals surface area contributed by atoms with Gasteiger partial charge in [0.1, 0.15) is 4.83 Å². The van der Waals surface area contributed by atoms with E-state index in [0.29, 0.717) is 31.4 Å². The molecule has 3 rings (SSSR count). The number of anilines is 2. The first-order valence-electron chi connectivity index (χ1n) is 7.52. The van der Waals surface area contributed by atoms with Gasteiger partial charge in [-0.2, -0.15) is 0 Å². The Kier molecular flexibility index (Phi) is 4.53. The largest absolute Gasteiger partial charge is 0.376 e. The van der Waals surface area contributed by atoms with Gasteiger partial charge in [-0.25, -0.2) is 4.98 Å². The second kappa shape index (κ2) is 6.50. The van der Waals surface area contributed by atoms with Gasteiger partial charge in [0.05, 0.1) is 28.0 Å². The maximum Gasteiger partial charge on any atom is 0.266 e. The summed E-state index contributed by atoms with van der Waals surface area (Å²) >= 11 is 7.27. The molecule has 0 aliphatic heterocycles. The summed E-state index contributed by atoms with van der Waals surface area (Å²) in [5.74, 6) is -0.284. The van der Waals surface area contributed by atoms with Gasteiger partial charge in [-0.3, -0.25) is 9.59 Å². The van der Waals surface area contributed by atoms with Crippen LogP contribution in [0.2, 0.25) is 5.02 Å². The minimum atomic E-state index is -0.284. The smallest absolute Gasteiger partial charge is 0.266 e. The van der Waals surface area contributed by atoms with Crippen LogP contribution in [0, 0.1) is 6.92 Å². The van der Waals surface area contributed by atoms with Crippen molar-refractivity contribution in [1.82, 2.24) is 9.55 Å². The molecule has 2 aromatic heterocycles. The minimum absolute atomic E-state index is 0.158. The highest BCUT2D eigenvalue weighted by molar-refractivity contribution is 7.20. The van der Waals surface area contributed by atoms with E-state index in [1.165, 1.54) is 22.2 Å². The first-order valence-corrected chi connectivity index (χ1v) is 8.72. The average molecular weight is 377 g/mol. The fraction of sp³-hybridized carbons (Fsp3) is 0.235. The van der Waals surface area contributed by atoms with E-state index in [0.717, 1.165) is 5.69 Å². The molecule has 1 aromatic carbocycles. The molecular weight excluding hydrogens is 360 g/mol. The third-order valence-corrected chi connectivity index (χ3v) is 5.34. The van der Waals surface area contributed by atoms with Gasteiger partial charge in [0.15, 0.2) is 0 Å². The van der Waals surface area contributed by atoms with E-state index < -0.39 is 0 Å². The molecule has 1 amide bonds. The molecule has 0 unspecified atom stereocenters. The molecule has 6 nitrogen and oxygen atoms in total. The monoisotopic (exact) mass is 376 g/mol. The number of halogens is 1. The summed E-state index contributed by atoms with van der Waals surface area (Å²) in [6.45, 7) is 1.77. The topological polar surface area (TPSA) is 67.2 Å². The number of hydrogen-bond donors (Lipinski definition) is 1. The van der Waals surface area contributed by atoms with Crippen molar-refractivity contribution >= 4 is 50.4 Å². The van der Waals surface area contributed by atoms with Crippen LogP contribution in [0.4, 0.5) is 11.4 Å². The van der Waals surface area contributed by atoms with E-state index >= 15 is 0 Å². The van der Waals surface area contributed by atoms with Gasteiger partial charge >= 0.3 is 0 Å². The highest BCUT2D eigenvalue weighted by atomic mass is 35.5. The number of thiophene rings is 1. The molecule has 0 aliphatic carbocycles. The predicted molar refractivity (Wildman–Crippen MR) is 103 cm³/mol. The molecule has 0 atom stereocenters. The van der Waals surface area contributed by atoms with Crippen LogP contribution in [-0.2, 0) is 7.05 Å². The van der Waals surface area contributed by atoms with E-state index in [9.17, 15) is 9.59 Å². The van der Waals surface area contributed by atoms with E-state index in [-0.39, 0.29) is 11.5 Å². The van der Waals surface area contributed by atoms with Crippen molar-refractivity contribution in [2.24, 2.45) is 7.05 Å². The third kappa shape index (κ3) is 3.12. The molecule has 0 aliphatic rings. The fourth-order valence-corrected chi connectivity index (χ4v) is 3.81. The minimum Gasteiger partial charge on any atom is -0.376 e. The van der Waals surface area contributed by atoms with Crippen molar-refractivity contribution in [1.29, 1.82) is 0 Å². The number of fused-ring (bicyclic) bond motifs is 1. The van der Waals surface area contributed by atoms with Crippen molar-refractivity contribution < 1.29 is 4.79 Å². The zero-order valence-electron chi connectivity index (χ0n) is 14.3. The molecule has 3 aromatic rings. The molecule has 130 valence electrons. The van der Waals surface area contributed by atoms with Crippen LogP contribution < -0.4 is 15.8 Å². The summed E-state index contributed by atoms with van der Waals surface area (Å²) in [5, 5.41) is 3.91. The maximum atomic E-state index is 12.8. The molecule has 0 radical (unpaired) electrons. The zero-order chi connectivity index (χ0) is 18.3. The molecule has 2 heterocycles. The van der Waals surface area contributed by atoms with E-state index in [4.69, 9.17) is 11.6 Å². The summed E-state index contributed by atoms with van der Waals surface area (Å²) in [6, 6.07) is 5.31. The van der Waals surface area contributed by atoms with Crippen LogP contribution >= 0.6 is 22.9 Å². The second-order valence-electron chi connectivity index (χ2n) is 5.91. The van der Waals surface area contributed by atoms with Crippen LogP contribution in [0.1, 0.15) is 15.2 Å². The van der Waals surface area contributed by atoms with Gasteiger partial charge in [0.2, 0.25) is 0 Å². The molecule has 0 bridgehead atoms. The van der Waals surface area contributed by atoms with Crippen LogP contribution in [0.5, 0.6) is 0 Å². The standard InChI is InChI=1S/C17H17ClN4O2S/c1-9-13-16(19-8-22(4)17(13)24)25-14(9)15(23)20-11-7-10(18)5-6-12(11)21(2)3/h5-8H,1-4H3,(H,20,23). The number of nitrogens with zero attached hydrogens (tertiary/aromatic N) is 3. The average Bonchev–Trinajstić information content (AvgIpc) is 2.88. The Morgan fingerprint density at radius 2 is 2.08 bits per heavy atom. The fourth-order valence-electron chi connectivity index (χ4n) is 2.60. The normalized spacial score (nSPS) is 10.9. The predicted octanol–water partition coefficient (Wildman–Crippen LogP) is 3.28. The van der Waals surface area contributed by atoms with E-state index in [1.807, 2.05) is 25.1 Å². The number of hydrogen-bond acceptors (Lipinski definition) is 5. The number of carbonyl (C=O) groups is 1. The Labute approximate surface area is 153 Å². The molecule has 0 spiro atoms. The number of nitrogens with one attached hydrogen (secondary N) is 1. The Balaban J connectivity index is 2.05.